The van der Waals surface area contributed by atoms with E-state index in [1.54, 1.807) is 13.2 Å². The topological polar surface area (TPSA) is 71.5 Å². The van der Waals surface area contributed by atoms with Crippen LogP contribution < -0.4 is 10.1 Å². The molecule has 5 nitrogen and oxygen atoms in total. The van der Waals surface area contributed by atoms with Gasteiger partial charge in [0.2, 0.25) is 0 Å². The van der Waals surface area contributed by atoms with Crippen LogP contribution in [0, 0.1) is 0 Å². The molecular weight excluding hydrogens is 268 g/mol. The summed E-state index contributed by atoms with van der Waals surface area (Å²) in [5.41, 5.74) is 1.12. The highest BCUT2D eigenvalue weighted by Crippen LogP contribution is 2.19. The van der Waals surface area contributed by atoms with Crippen LogP contribution in [0.3, 0.4) is 0 Å². The molecule has 0 aliphatic rings. The van der Waals surface area contributed by atoms with E-state index >= 15 is 0 Å². The second-order valence-electron chi connectivity index (χ2n) is 4.86. The van der Waals surface area contributed by atoms with Gasteiger partial charge in [0.25, 0.3) is 5.91 Å². The maximum atomic E-state index is 12.0. The number of carbonyl (C=O) groups is 1. The zero-order valence-corrected chi connectivity index (χ0v) is 12.3. The molecule has 2 N–H and O–H groups in total. The molecule has 1 heterocycles. The maximum Gasteiger partial charge on any atom is 0.269 e. The number of aliphatic hydroxyl groups excluding tert-OH is 1. The standard InChI is InChI=1S/C16H20N2O3/c1-3-12(19)8-9-17-16(20)15-6-4-11-10-13(21-2)5-7-14(11)18-15/h4-7,10,12,19H,3,8-9H2,1-2H3,(H,17,20). The Balaban J connectivity index is 2.06. The van der Waals surface area contributed by atoms with Crippen LogP contribution in [0.15, 0.2) is 30.3 Å². The average Bonchev–Trinajstić information content (AvgIpc) is 2.53. The molecule has 112 valence electrons. The van der Waals surface area contributed by atoms with E-state index in [1.807, 2.05) is 31.2 Å². The Bertz CT molecular complexity index is 628. The molecular formula is C16H20N2O3. The van der Waals surface area contributed by atoms with Gasteiger partial charge in [0.05, 0.1) is 18.7 Å². The van der Waals surface area contributed by atoms with Crippen molar-refractivity contribution in [2.24, 2.45) is 0 Å². The van der Waals surface area contributed by atoms with Gasteiger partial charge in [-0.15, -0.1) is 0 Å². The average molecular weight is 288 g/mol. The summed E-state index contributed by atoms with van der Waals surface area (Å²) in [5, 5.41) is 13.1. The fourth-order valence-electron chi connectivity index (χ4n) is 2.00. The number of methoxy groups -OCH3 is 1. The minimum atomic E-state index is -0.373. The van der Waals surface area contributed by atoms with Gasteiger partial charge in [0.15, 0.2) is 0 Å². The first-order valence-corrected chi connectivity index (χ1v) is 7.05. The molecule has 0 radical (unpaired) electrons. The molecule has 1 aromatic carbocycles. The number of carbonyl (C=O) groups excluding carboxylic acids is 1. The first-order valence-electron chi connectivity index (χ1n) is 7.05. The molecule has 0 saturated heterocycles. The minimum Gasteiger partial charge on any atom is -0.497 e. The summed E-state index contributed by atoms with van der Waals surface area (Å²) in [6.45, 7) is 2.35. The highest BCUT2D eigenvalue weighted by atomic mass is 16.5. The van der Waals surface area contributed by atoms with Crippen molar-refractivity contribution in [3.05, 3.63) is 36.0 Å². The third-order valence-corrected chi connectivity index (χ3v) is 3.36. The molecule has 21 heavy (non-hydrogen) atoms. The van der Waals surface area contributed by atoms with Gasteiger partial charge in [0, 0.05) is 11.9 Å². The molecule has 2 aromatic rings. The van der Waals surface area contributed by atoms with Crippen LogP contribution in [0.1, 0.15) is 30.3 Å². The highest BCUT2D eigenvalue weighted by Gasteiger charge is 2.09. The van der Waals surface area contributed by atoms with Gasteiger partial charge in [-0.2, -0.15) is 0 Å². The van der Waals surface area contributed by atoms with E-state index in [9.17, 15) is 9.90 Å². The third-order valence-electron chi connectivity index (χ3n) is 3.36. The van der Waals surface area contributed by atoms with Crippen molar-refractivity contribution in [3.8, 4) is 5.75 Å². The number of benzene rings is 1. The summed E-state index contributed by atoms with van der Waals surface area (Å²) in [7, 11) is 1.61. The first kappa shape index (κ1) is 15.3. The monoisotopic (exact) mass is 288 g/mol. The smallest absolute Gasteiger partial charge is 0.269 e. The number of amides is 1. The van der Waals surface area contributed by atoms with Crippen LogP contribution in [-0.4, -0.2) is 35.8 Å². The number of hydrogen-bond donors (Lipinski definition) is 2. The second-order valence-corrected chi connectivity index (χ2v) is 4.86. The van der Waals surface area contributed by atoms with Gasteiger partial charge in [-0.25, -0.2) is 4.98 Å². The molecule has 5 heteroatoms. The van der Waals surface area contributed by atoms with Crippen LogP contribution in [0.25, 0.3) is 10.9 Å². The Morgan fingerprint density at radius 3 is 2.90 bits per heavy atom. The maximum absolute atomic E-state index is 12.0. The SMILES string of the molecule is CCC(O)CCNC(=O)c1ccc2cc(OC)ccc2n1. The van der Waals surface area contributed by atoms with Gasteiger partial charge in [0.1, 0.15) is 11.4 Å². The number of ether oxygens (including phenoxy) is 1. The van der Waals surface area contributed by atoms with Crippen molar-refractivity contribution in [1.82, 2.24) is 10.3 Å². The molecule has 1 atom stereocenters. The summed E-state index contributed by atoms with van der Waals surface area (Å²) in [6.07, 6.45) is 0.862. The number of aromatic nitrogens is 1. The summed E-state index contributed by atoms with van der Waals surface area (Å²) < 4.78 is 5.16. The second kappa shape index (κ2) is 7.04. The Hall–Kier alpha value is -2.14. The lowest BCUT2D eigenvalue weighted by atomic mass is 10.2. The molecule has 2 rings (SSSR count). The summed E-state index contributed by atoms with van der Waals surface area (Å²) in [6, 6.07) is 9.05. The number of nitrogens with zero attached hydrogens (tertiary/aromatic N) is 1. The fourth-order valence-corrected chi connectivity index (χ4v) is 2.00. The Morgan fingerprint density at radius 2 is 2.19 bits per heavy atom. The number of rotatable bonds is 6. The van der Waals surface area contributed by atoms with Crippen LogP contribution in [0.4, 0.5) is 0 Å². The largest absolute Gasteiger partial charge is 0.497 e. The summed E-state index contributed by atoms with van der Waals surface area (Å²) >= 11 is 0. The Kier molecular flexibility index (Phi) is 5.11. The van der Waals surface area contributed by atoms with Crippen LogP contribution in [0.2, 0.25) is 0 Å². The van der Waals surface area contributed by atoms with E-state index in [0.29, 0.717) is 25.1 Å². The first-order chi connectivity index (χ1) is 10.1. The minimum absolute atomic E-state index is 0.226. The quantitative estimate of drug-likeness (QED) is 0.854. The van der Waals surface area contributed by atoms with Gasteiger partial charge in [-0.1, -0.05) is 13.0 Å². The molecule has 1 aromatic heterocycles. The van der Waals surface area contributed by atoms with E-state index < -0.39 is 0 Å². The zero-order chi connectivity index (χ0) is 15.2. The number of fused-ring (bicyclic) bond motifs is 1. The molecule has 1 amide bonds. The van der Waals surface area contributed by atoms with E-state index in [1.165, 1.54) is 0 Å². The number of aliphatic hydroxyl groups is 1. The van der Waals surface area contributed by atoms with Gasteiger partial charge < -0.3 is 15.2 Å². The normalized spacial score (nSPS) is 12.1. The lowest BCUT2D eigenvalue weighted by Gasteiger charge is -2.09. The highest BCUT2D eigenvalue weighted by molar-refractivity contribution is 5.95. The Morgan fingerprint density at radius 1 is 1.38 bits per heavy atom. The molecule has 0 fully saturated rings. The molecule has 0 bridgehead atoms. The summed E-state index contributed by atoms with van der Waals surface area (Å²) in [5.74, 6) is 0.533. The van der Waals surface area contributed by atoms with E-state index in [-0.39, 0.29) is 12.0 Å². The number of pyridine rings is 1. The van der Waals surface area contributed by atoms with E-state index in [2.05, 4.69) is 10.3 Å². The van der Waals surface area contributed by atoms with Crippen molar-refractivity contribution in [3.63, 3.8) is 0 Å². The zero-order valence-electron chi connectivity index (χ0n) is 12.3. The number of nitrogens with one attached hydrogen (secondary N) is 1. The van der Waals surface area contributed by atoms with Gasteiger partial charge >= 0.3 is 0 Å². The van der Waals surface area contributed by atoms with Gasteiger partial charge in [-0.05, 0) is 37.1 Å². The van der Waals surface area contributed by atoms with Crippen molar-refractivity contribution in [2.75, 3.05) is 13.7 Å². The van der Waals surface area contributed by atoms with Gasteiger partial charge in [-0.3, -0.25) is 4.79 Å². The lowest BCUT2D eigenvalue weighted by molar-refractivity contribution is 0.0937. The molecule has 0 aliphatic heterocycles. The molecule has 0 aliphatic carbocycles. The van der Waals surface area contributed by atoms with Crippen molar-refractivity contribution >= 4 is 16.8 Å². The molecule has 0 saturated carbocycles. The predicted molar refractivity (Wildman–Crippen MR) is 81.5 cm³/mol. The van der Waals surface area contributed by atoms with E-state index in [0.717, 1.165) is 16.7 Å². The van der Waals surface area contributed by atoms with Crippen molar-refractivity contribution in [1.29, 1.82) is 0 Å². The lowest BCUT2D eigenvalue weighted by Crippen LogP contribution is -2.27. The molecule has 1 unspecified atom stereocenters. The van der Waals surface area contributed by atoms with Crippen LogP contribution >= 0.6 is 0 Å². The van der Waals surface area contributed by atoms with Crippen LogP contribution in [0.5, 0.6) is 5.75 Å². The number of hydrogen-bond acceptors (Lipinski definition) is 4. The summed E-state index contributed by atoms with van der Waals surface area (Å²) in [4.78, 5) is 16.3. The van der Waals surface area contributed by atoms with Crippen molar-refractivity contribution in [2.45, 2.75) is 25.9 Å². The molecule has 0 spiro atoms. The Labute approximate surface area is 124 Å². The van der Waals surface area contributed by atoms with Crippen LogP contribution in [-0.2, 0) is 0 Å². The third kappa shape index (κ3) is 3.92. The van der Waals surface area contributed by atoms with Crippen molar-refractivity contribution < 1.29 is 14.6 Å². The predicted octanol–water partition coefficient (Wildman–Crippen LogP) is 2.13. The fraction of sp³-hybridized carbons (Fsp3) is 0.375. The van der Waals surface area contributed by atoms with E-state index in [4.69, 9.17) is 4.74 Å².